The lowest BCUT2D eigenvalue weighted by Crippen LogP contribution is -2.12. The van der Waals surface area contributed by atoms with Crippen LogP contribution in [0.1, 0.15) is 43.0 Å². The van der Waals surface area contributed by atoms with Crippen molar-refractivity contribution in [2.45, 2.75) is 27.2 Å². The van der Waals surface area contributed by atoms with Crippen molar-refractivity contribution >= 4 is 28.9 Å². The van der Waals surface area contributed by atoms with E-state index >= 15 is 0 Å². The van der Waals surface area contributed by atoms with Crippen LogP contribution in [0, 0.1) is 13.8 Å². The van der Waals surface area contributed by atoms with E-state index in [0.29, 0.717) is 16.1 Å². The predicted octanol–water partition coefficient (Wildman–Crippen LogP) is 3.97. The highest BCUT2D eigenvalue weighted by atomic mass is 32.1. The average Bonchev–Trinajstić information content (AvgIpc) is 2.89. The van der Waals surface area contributed by atoms with E-state index in [1.165, 1.54) is 23.3 Å². The first-order valence-corrected chi connectivity index (χ1v) is 7.87. The molecule has 0 spiro atoms. The molecule has 1 heterocycles. The van der Waals surface area contributed by atoms with Crippen LogP contribution in [0.25, 0.3) is 0 Å². The van der Waals surface area contributed by atoms with Crippen molar-refractivity contribution < 1.29 is 14.3 Å². The highest BCUT2D eigenvalue weighted by Gasteiger charge is 2.14. The Morgan fingerprint density at radius 2 is 1.91 bits per heavy atom. The summed E-state index contributed by atoms with van der Waals surface area (Å²) in [7, 11) is 1.33. The summed E-state index contributed by atoms with van der Waals surface area (Å²) in [4.78, 5) is 25.9. The minimum atomic E-state index is -0.421. The summed E-state index contributed by atoms with van der Waals surface area (Å²) in [6, 6.07) is 7.01. The molecule has 0 fully saturated rings. The third-order valence-corrected chi connectivity index (χ3v) is 4.85. The number of carbonyl (C=O) groups excluding carboxylic acids is 2. The molecule has 116 valence electrons. The third-order valence-electron chi connectivity index (χ3n) is 3.47. The fourth-order valence-electron chi connectivity index (χ4n) is 2.17. The molecule has 0 bridgehead atoms. The Labute approximate surface area is 134 Å². The Morgan fingerprint density at radius 1 is 1.18 bits per heavy atom. The van der Waals surface area contributed by atoms with Crippen LogP contribution >= 0.6 is 11.3 Å². The number of methoxy groups -OCH3 is 1. The van der Waals surface area contributed by atoms with Gasteiger partial charge in [0.1, 0.15) is 0 Å². The van der Waals surface area contributed by atoms with Crippen molar-refractivity contribution in [1.29, 1.82) is 0 Å². The first kappa shape index (κ1) is 16.2. The zero-order valence-corrected chi connectivity index (χ0v) is 14.0. The maximum absolute atomic E-state index is 12.4. The summed E-state index contributed by atoms with van der Waals surface area (Å²) in [5.74, 6) is -0.575. The van der Waals surface area contributed by atoms with E-state index in [4.69, 9.17) is 4.74 Å². The number of amides is 1. The second-order valence-corrected chi connectivity index (χ2v) is 6.18. The van der Waals surface area contributed by atoms with Crippen molar-refractivity contribution in [3.05, 3.63) is 50.7 Å². The van der Waals surface area contributed by atoms with Gasteiger partial charge < -0.3 is 10.1 Å². The number of esters is 1. The van der Waals surface area contributed by atoms with Crippen LogP contribution in [0.5, 0.6) is 0 Å². The molecule has 2 rings (SSSR count). The monoisotopic (exact) mass is 317 g/mol. The molecule has 5 heteroatoms. The van der Waals surface area contributed by atoms with Gasteiger partial charge in [-0.05, 0) is 49.6 Å². The van der Waals surface area contributed by atoms with Gasteiger partial charge in [0.2, 0.25) is 0 Å². The van der Waals surface area contributed by atoms with Crippen LogP contribution in [-0.4, -0.2) is 19.0 Å². The van der Waals surface area contributed by atoms with Gasteiger partial charge in [-0.1, -0.05) is 13.0 Å². The average molecular weight is 317 g/mol. The number of thiophene rings is 1. The van der Waals surface area contributed by atoms with Gasteiger partial charge >= 0.3 is 5.97 Å². The van der Waals surface area contributed by atoms with E-state index in [1.807, 2.05) is 19.9 Å². The van der Waals surface area contributed by atoms with Crippen LogP contribution in [0.2, 0.25) is 0 Å². The van der Waals surface area contributed by atoms with Crippen molar-refractivity contribution in [3.63, 3.8) is 0 Å². The van der Waals surface area contributed by atoms with E-state index in [2.05, 4.69) is 12.2 Å². The highest BCUT2D eigenvalue weighted by Crippen LogP contribution is 2.24. The van der Waals surface area contributed by atoms with Crippen LogP contribution in [0.4, 0.5) is 5.69 Å². The maximum Gasteiger partial charge on any atom is 0.337 e. The summed E-state index contributed by atoms with van der Waals surface area (Å²) in [5.41, 5.74) is 3.07. The Hall–Kier alpha value is -2.14. The van der Waals surface area contributed by atoms with Crippen molar-refractivity contribution in [2.24, 2.45) is 0 Å². The van der Waals surface area contributed by atoms with Gasteiger partial charge in [0.15, 0.2) is 0 Å². The molecule has 0 saturated carbocycles. The molecule has 0 radical (unpaired) electrons. The number of rotatable bonds is 4. The van der Waals surface area contributed by atoms with E-state index in [1.54, 1.807) is 18.2 Å². The molecule has 1 aromatic carbocycles. The largest absolute Gasteiger partial charge is 0.465 e. The Morgan fingerprint density at radius 3 is 2.50 bits per heavy atom. The number of ether oxygens (including phenoxy) is 1. The van der Waals surface area contributed by atoms with E-state index in [0.717, 1.165) is 17.5 Å². The number of hydrogen-bond acceptors (Lipinski definition) is 4. The van der Waals surface area contributed by atoms with E-state index in [9.17, 15) is 9.59 Å². The molecule has 0 aliphatic carbocycles. The Bertz CT molecular complexity index is 719. The third kappa shape index (κ3) is 3.36. The van der Waals surface area contributed by atoms with Crippen molar-refractivity contribution in [1.82, 2.24) is 0 Å². The zero-order valence-electron chi connectivity index (χ0n) is 13.1. The second kappa shape index (κ2) is 6.75. The quantitative estimate of drug-likeness (QED) is 0.868. The Kier molecular flexibility index (Phi) is 4.98. The maximum atomic E-state index is 12.4. The molecule has 4 nitrogen and oxygen atoms in total. The minimum Gasteiger partial charge on any atom is -0.465 e. The smallest absolute Gasteiger partial charge is 0.337 e. The lowest BCUT2D eigenvalue weighted by molar-refractivity contribution is 0.0600. The van der Waals surface area contributed by atoms with Crippen LogP contribution in [0.3, 0.4) is 0 Å². The van der Waals surface area contributed by atoms with Gasteiger partial charge in [-0.25, -0.2) is 4.79 Å². The molecule has 22 heavy (non-hydrogen) atoms. The van der Waals surface area contributed by atoms with Gasteiger partial charge in [-0.3, -0.25) is 4.79 Å². The SMILES string of the molecule is CCc1sc(C(=O)Nc2cc(C(=O)OC)ccc2C)cc1C. The normalized spacial score (nSPS) is 10.4. The second-order valence-electron chi connectivity index (χ2n) is 5.05. The fourth-order valence-corrected chi connectivity index (χ4v) is 3.18. The van der Waals surface area contributed by atoms with Gasteiger partial charge in [0.05, 0.1) is 17.6 Å². The molecule has 0 aliphatic heterocycles. The first-order chi connectivity index (χ1) is 10.5. The van der Waals surface area contributed by atoms with Crippen molar-refractivity contribution in [2.75, 3.05) is 12.4 Å². The highest BCUT2D eigenvalue weighted by molar-refractivity contribution is 7.14. The summed E-state index contributed by atoms with van der Waals surface area (Å²) in [6.07, 6.45) is 0.917. The first-order valence-electron chi connectivity index (χ1n) is 7.05. The summed E-state index contributed by atoms with van der Waals surface area (Å²) in [6.45, 7) is 5.97. The molecule has 0 atom stereocenters. The fraction of sp³-hybridized carbons (Fsp3) is 0.294. The summed E-state index contributed by atoms with van der Waals surface area (Å²) < 4.78 is 4.70. The molecule has 1 aromatic heterocycles. The number of aryl methyl sites for hydroxylation is 3. The topological polar surface area (TPSA) is 55.4 Å². The zero-order chi connectivity index (χ0) is 16.3. The van der Waals surface area contributed by atoms with E-state index in [-0.39, 0.29) is 5.91 Å². The summed E-state index contributed by atoms with van der Waals surface area (Å²) >= 11 is 1.50. The number of anilines is 1. The van der Waals surface area contributed by atoms with Crippen LogP contribution < -0.4 is 5.32 Å². The molecular weight excluding hydrogens is 298 g/mol. The minimum absolute atomic E-state index is 0.155. The van der Waals surface area contributed by atoms with Gasteiger partial charge in [-0.15, -0.1) is 11.3 Å². The number of hydrogen-bond donors (Lipinski definition) is 1. The van der Waals surface area contributed by atoms with Gasteiger partial charge in [0, 0.05) is 10.6 Å². The van der Waals surface area contributed by atoms with Crippen LogP contribution in [0.15, 0.2) is 24.3 Å². The molecule has 0 saturated heterocycles. The Balaban J connectivity index is 2.25. The molecule has 0 unspecified atom stereocenters. The molecular formula is C17H19NO3S. The molecule has 0 aliphatic rings. The summed E-state index contributed by atoms with van der Waals surface area (Å²) in [5, 5.41) is 2.87. The molecule has 2 aromatic rings. The molecule has 1 N–H and O–H groups in total. The lowest BCUT2D eigenvalue weighted by Gasteiger charge is -2.09. The molecule has 1 amide bonds. The lowest BCUT2D eigenvalue weighted by atomic mass is 10.1. The van der Waals surface area contributed by atoms with Crippen molar-refractivity contribution in [3.8, 4) is 0 Å². The number of nitrogens with one attached hydrogen (secondary N) is 1. The van der Waals surface area contributed by atoms with E-state index < -0.39 is 5.97 Å². The standard InChI is InChI=1S/C17H19NO3S/c1-5-14-11(3)8-15(22-14)16(19)18-13-9-12(17(20)21-4)7-6-10(13)2/h6-9H,5H2,1-4H3,(H,18,19). The van der Waals surface area contributed by atoms with Gasteiger partial charge in [0.25, 0.3) is 5.91 Å². The number of carbonyl (C=O) groups is 2. The predicted molar refractivity (Wildman–Crippen MR) is 88.9 cm³/mol. The van der Waals surface area contributed by atoms with Gasteiger partial charge in [-0.2, -0.15) is 0 Å². The van der Waals surface area contributed by atoms with Crippen LogP contribution in [-0.2, 0) is 11.2 Å². The number of benzene rings is 1.